The Bertz CT molecular complexity index is 2180. The van der Waals surface area contributed by atoms with Crippen LogP contribution in [0, 0.1) is 0 Å². The molecule has 2 aromatic carbocycles. The highest BCUT2D eigenvalue weighted by atomic mass is 16.5. The zero-order valence-electron chi connectivity index (χ0n) is 22.6. The number of furan rings is 2. The molecule has 0 bridgehead atoms. The lowest BCUT2D eigenvalue weighted by atomic mass is 10.1. The average Bonchev–Trinajstić information content (AvgIpc) is 3.84. The monoisotopic (exact) mass is 552 g/mol. The fourth-order valence-corrected chi connectivity index (χ4v) is 6.93. The van der Waals surface area contributed by atoms with Crippen molar-refractivity contribution >= 4 is 33.1 Å². The van der Waals surface area contributed by atoms with E-state index in [-0.39, 0.29) is 0 Å². The first-order chi connectivity index (χ1) is 20.8. The zero-order valence-corrected chi connectivity index (χ0v) is 22.6. The second-order valence-corrected chi connectivity index (χ2v) is 11.1. The van der Waals surface area contributed by atoms with Crippen molar-refractivity contribution in [3.63, 3.8) is 0 Å². The van der Waals surface area contributed by atoms with Gasteiger partial charge in [0.15, 0.2) is 0 Å². The summed E-state index contributed by atoms with van der Waals surface area (Å²) in [5.74, 6) is 4.24. The van der Waals surface area contributed by atoms with Crippen LogP contribution in [0.2, 0.25) is 0 Å². The van der Waals surface area contributed by atoms with Crippen molar-refractivity contribution in [2.45, 2.75) is 38.8 Å². The van der Waals surface area contributed by atoms with E-state index in [9.17, 15) is 0 Å². The minimum atomic E-state index is 0.500. The van der Waals surface area contributed by atoms with E-state index in [1.165, 1.54) is 11.4 Å². The van der Waals surface area contributed by atoms with Crippen LogP contribution in [0.5, 0.6) is 0 Å². The summed E-state index contributed by atoms with van der Waals surface area (Å²) >= 11 is 0. The number of rotatable bonds is 2. The SMILES string of the molecule is c1cc(-c2ncc3n2-c2ccnn2CCC3)c2oc3oc4c(-c5ncc6n5-c5ccnn5CCC6)cccc4c3c2c1. The summed E-state index contributed by atoms with van der Waals surface area (Å²) < 4.78 is 21.6. The number of fused-ring (bicyclic) bond motifs is 11. The summed E-state index contributed by atoms with van der Waals surface area (Å²) in [4.78, 5) is 9.76. The van der Waals surface area contributed by atoms with Crippen molar-refractivity contribution in [3.05, 3.63) is 84.7 Å². The summed E-state index contributed by atoms with van der Waals surface area (Å²) in [7, 11) is 0. The van der Waals surface area contributed by atoms with E-state index in [1.54, 1.807) is 0 Å². The van der Waals surface area contributed by atoms with Crippen LogP contribution in [0.4, 0.5) is 0 Å². The standard InChI is InChI=1S/C32H24N8O2/c1-7-21-27-22-8-2-10-24(31-34-18-20-6-4-16-38-26(40(20)31)12-14-36-38)29(22)42-32(27)41-28(21)23(9-1)30-33-17-19-5-3-15-37-25(39(19)30)11-13-35-37/h1-2,7-14,17-18H,3-6,15-16H2. The molecule has 6 aromatic heterocycles. The second-order valence-electron chi connectivity index (χ2n) is 11.1. The highest BCUT2D eigenvalue weighted by Crippen LogP contribution is 2.44. The molecule has 8 aromatic rings. The Balaban J connectivity index is 1.19. The third-order valence-electron chi connectivity index (χ3n) is 8.77. The molecule has 2 aliphatic rings. The molecule has 0 radical (unpaired) electrons. The summed E-state index contributed by atoms with van der Waals surface area (Å²) in [5.41, 5.74) is 5.73. The van der Waals surface area contributed by atoms with Gasteiger partial charge in [0, 0.05) is 59.8 Å². The number of para-hydroxylation sites is 2. The quantitative estimate of drug-likeness (QED) is 0.249. The minimum Gasteiger partial charge on any atom is -0.424 e. The van der Waals surface area contributed by atoms with Crippen molar-refractivity contribution < 1.29 is 8.83 Å². The molecule has 0 unspecified atom stereocenters. The Labute approximate surface area is 238 Å². The summed E-state index contributed by atoms with van der Waals surface area (Å²) in [6, 6.07) is 16.6. The average molecular weight is 553 g/mol. The molecule has 0 fully saturated rings. The van der Waals surface area contributed by atoms with Gasteiger partial charge in [0.05, 0.1) is 28.9 Å². The van der Waals surface area contributed by atoms with Gasteiger partial charge >= 0.3 is 0 Å². The molecule has 0 saturated heterocycles. The highest BCUT2D eigenvalue weighted by Gasteiger charge is 2.27. The van der Waals surface area contributed by atoms with Crippen LogP contribution < -0.4 is 0 Å². The number of hydrogen-bond acceptors (Lipinski definition) is 6. The molecule has 204 valence electrons. The van der Waals surface area contributed by atoms with Crippen molar-refractivity contribution in [3.8, 4) is 34.4 Å². The van der Waals surface area contributed by atoms with E-state index in [2.05, 4.69) is 55.7 Å². The fraction of sp³-hybridized carbons (Fsp3) is 0.188. The fourth-order valence-electron chi connectivity index (χ4n) is 6.93. The van der Waals surface area contributed by atoms with Crippen LogP contribution in [-0.2, 0) is 25.9 Å². The zero-order chi connectivity index (χ0) is 27.4. The molecule has 10 nitrogen and oxygen atoms in total. The lowest BCUT2D eigenvalue weighted by molar-refractivity contribution is 0.525. The van der Waals surface area contributed by atoms with Crippen LogP contribution in [0.1, 0.15) is 24.2 Å². The molecule has 10 heteroatoms. The Morgan fingerprint density at radius 3 is 1.67 bits per heavy atom. The van der Waals surface area contributed by atoms with Gasteiger partial charge in [0.2, 0.25) is 0 Å². The Morgan fingerprint density at radius 1 is 0.619 bits per heavy atom. The van der Waals surface area contributed by atoms with Crippen molar-refractivity contribution in [1.29, 1.82) is 0 Å². The minimum absolute atomic E-state index is 0.500. The van der Waals surface area contributed by atoms with Crippen molar-refractivity contribution in [1.82, 2.24) is 38.7 Å². The van der Waals surface area contributed by atoms with Crippen LogP contribution in [0.15, 0.2) is 82.2 Å². The molecular formula is C32H24N8O2. The Kier molecular flexibility index (Phi) is 4.30. The molecule has 8 heterocycles. The smallest absolute Gasteiger partial charge is 0.299 e. The summed E-state index contributed by atoms with van der Waals surface area (Å²) in [5, 5.41) is 12.0. The van der Waals surface area contributed by atoms with E-state index < -0.39 is 0 Å². The van der Waals surface area contributed by atoms with Gasteiger partial charge in [-0.1, -0.05) is 24.3 Å². The van der Waals surface area contributed by atoms with E-state index in [4.69, 9.17) is 18.8 Å². The molecule has 2 aliphatic heterocycles. The maximum absolute atomic E-state index is 6.55. The molecule has 0 saturated carbocycles. The highest BCUT2D eigenvalue weighted by molar-refractivity contribution is 6.20. The normalized spacial score (nSPS) is 14.6. The topological polar surface area (TPSA) is 97.6 Å². The maximum Gasteiger partial charge on any atom is 0.299 e. The Morgan fingerprint density at radius 2 is 1.14 bits per heavy atom. The number of aryl methyl sites for hydroxylation is 4. The second kappa shape index (κ2) is 8.10. The number of aromatic nitrogens is 8. The van der Waals surface area contributed by atoms with E-state index in [0.29, 0.717) is 5.78 Å². The number of hydrogen-bond donors (Lipinski definition) is 0. The lowest BCUT2D eigenvalue weighted by Gasteiger charge is -2.11. The molecule has 10 rings (SSSR count). The first kappa shape index (κ1) is 22.3. The van der Waals surface area contributed by atoms with Crippen LogP contribution in [0.3, 0.4) is 0 Å². The summed E-state index contributed by atoms with van der Waals surface area (Å²) in [6.45, 7) is 1.77. The van der Waals surface area contributed by atoms with Crippen LogP contribution in [-0.4, -0.2) is 38.7 Å². The van der Waals surface area contributed by atoms with Gasteiger partial charge in [-0.05, 0) is 37.8 Å². The van der Waals surface area contributed by atoms with Crippen molar-refractivity contribution in [2.75, 3.05) is 0 Å². The molecule has 0 spiro atoms. The van der Waals surface area contributed by atoms with E-state index in [0.717, 1.165) is 101 Å². The van der Waals surface area contributed by atoms with Gasteiger partial charge in [-0.25, -0.2) is 19.3 Å². The van der Waals surface area contributed by atoms with Crippen LogP contribution in [0.25, 0.3) is 67.5 Å². The molecule has 42 heavy (non-hydrogen) atoms. The third-order valence-corrected chi connectivity index (χ3v) is 8.77. The predicted molar refractivity (Wildman–Crippen MR) is 157 cm³/mol. The molecule has 0 amide bonds. The molecule has 0 atom stereocenters. The number of imidazole rings is 2. The Hall–Kier alpha value is -5.38. The number of nitrogens with zero attached hydrogens (tertiary/aromatic N) is 8. The third kappa shape index (κ3) is 2.88. The van der Waals surface area contributed by atoms with Gasteiger partial charge in [0.1, 0.15) is 34.5 Å². The van der Waals surface area contributed by atoms with Gasteiger partial charge in [-0.2, -0.15) is 10.2 Å². The van der Waals surface area contributed by atoms with Crippen LogP contribution >= 0.6 is 0 Å². The first-order valence-electron chi connectivity index (χ1n) is 14.4. The summed E-state index contributed by atoms with van der Waals surface area (Å²) in [6.07, 6.45) is 11.6. The lowest BCUT2D eigenvalue weighted by Crippen LogP contribution is -2.06. The van der Waals surface area contributed by atoms with Gasteiger partial charge < -0.3 is 8.83 Å². The molecule has 0 N–H and O–H groups in total. The van der Waals surface area contributed by atoms with Gasteiger partial charge in [-0.15, -0.1) is 0 Å². The first-order valence-corrected chi connectivity index (χ1v) is 14.4. The van der Waals surface area contributed by atoms with Gasteiger partial charge in [-0.3, -0.25) is 9.13 Å². The van der Waals surface area contributed by atoms with Gasteiger partial charge in [0.25, 0.3) is 5.78 Å². The van der Waals surface area contributed by atoms with Crippen molar-refractivity contribution in [2.24, 2.45) is 0 Å². The largest absolute Gasteiger partial charge is 0.424 e. The van der Waals surface area contributed by atoms with E-state index in [1.807, 2.05) is 46.3 Å². The molecule has 0 aliphatic carbocycles. The number of benzene rings is 2. The predicted octanol–water partition coefficient (Wildman–Crippen LogP) is 6.32. The maximum atomic E-state index is 6.55. The molecular weight excluding hydrogens is 528 g/mol. The van der Waals surface area contributed by atoms with E-state index >= 15 is 0 Å².